The van der Waals surface area contributed by atoms with Crippen molar-refractivity contribution in [2.24, 2.45) is 7.05 Å². The number of carbonyl (C=O) groups is 1. The molecule has 7 nitrogen and oxygen atoms in total. The lowest BCUT2D eigenvalue weighted by atomic mass is 10.0. The summed E-state index contributed by atoms with van der Waals surface area (Å²) in [5, 5.41) is 5.95. The molecular weight excluding hydrogens is 378 g/mol. The standard InChI is InChI=1S/C23H23N5O2/c1-26-13-12-24-21(26)15-27(2)22(29)16-28-23(30)19-11-7-6-10-18(19)20(25-28)14-17-8-4-3-5-9-17/h3-13H,14-16H2,1-2H3. The molecule has 0 saturated carbocycles. The van der Waals surface area contributed by atoms with Crippen molar-refractivity contribution in [3.63, 3.8) is 0 Å². The molecule has 2 heterocycles. The first-order chi connectivity index (χ1) is 14.5. The Balaban J connectivity index is 1.65. The van der Waals surface area contributed by atoms with Gasteiger partial charge in [-0.05, 0) is 11.6 Å². The summed E-state index contributed by atoms with van der Waals surface area (Å²) in [5.41, 5.74) is 1.61. The molecule has 4 rings (SSSR count). The third kappa shape index (κ3) is 4.00. The molecular formula is C23H23N5O2. The summed E-state index contributed by atoms with van der Waals surface area (Å²) in [6.45, 7) is 0.244. The van der Waals surface area contributed by atoms with Gasteiger partial charge in [-0.25, -0.2) is 9.67 Å². The summed E-state index contributed by atoms with van der Waals surface area (Å²) < 4.78 is 3.14. The second-order valence-electron chi connectivity index (χ2n) is 7.32. The van der Waals surface area contributed by atoms with E-state index < -0.39 is 0 Å². The lowest BCUT2D eigenvalue weighted by Crippen LogP contribution is -2.35. The number of amides is 1. The van der Waals surface area contributed by atoms with Crippen molar-refractivity contribution in [3.8, 4) is 0 Å². The molecule has 0 aliphatic heterocycles. The van der Waals surface area contributed by atoms with Gasteiger partial charge in [0.25, 0.3) is 5.56 Å². The van der Waals surface area contributed by atoms with Crippen LogP contribution in [0, 0.1) is 0 Å². The highest BCUT2D eigenvalue weighted by Crippen LogP contribution is 2.17. The third-order valence-electron chi connectivity index (χ3n) is 5.17. The first-order valence-corrected chi connectivity index (χ1v) is 9.76. The number of hydrogen-bond acceptors (Lipinski definition) is 4. The minimum absolute atomic E-state index is 0.119. The van der Waals surface area contributed by atoms with Crippen molar-refractivity contribution in [1.82, 2.24) is 24.2 Å². The first kappa shape index (κ1) is 19.6. The Morgan fingerprint density at radius 1 is 1.03 bits per heavy atom. The molecule has 7 heteroatoms. The van der Waals surface area contributed by atoms with Crippen LogP contribution in [-0.2, 0) is 31.4 Å². The molecule has 0 aliphatic carbocycles. The van der Waals surface area contributed by atoms with Gasteiger partial charge in [0.05, 0.1) is 17.6 Å². The van der Waals surface area contributed by atoms with Crippen LogP contribution in [0.25, 0.3) is 10.8 Å². The van der Waals surface area contributed by atoms with Gasteiger partial charge in [0.15, 0.2) is 0 Å². The van der Waals surface area contributed by atoms with E-state index >= 15 is 0 Å². The Labute approximate surface area is 174 Å². The molecule has 0 atom stereocenters. The van der Waals surface area contributed by atoms with E-state index in [0.717, 1.165) is 22.5 Å². The van der Waals surface area contributed by atoms with Gasteiger partial charge < -0.3 is 9.47 Å². The van der Waals surface area contributed by atoms with Gasteiger partial charge in [0.1, 0.15) is 12.4 Å². The zero-order chi connectivity index (χ0) is 21.1. The van der Waals surface area contributed by atoms with Crippen LogP contribution in [0.4, 0.5) is 0 Å². The third-order valence-corrected chi connectivity index (χ3v) is 5.17. The van der Waals surface area contributed by atoms with Gasteiger partial charge >= 0.3 is 0 Å². The van der Waals surface area contributed by atoms with E-state index in [9.17, 15) is 9.59 Å². The van der Waals surface area contributed by atoms with Gasteiger partial charge in [-0.2, -0.15) is 5.10 Å². The number of benzene rings is 2. The molecule has 0 spiro atoms. The highest BCUT2D eigenvalue weighted by molar-refractivity contribution is 5.84. The summed E-state index contributed by atoms with van der Waals surface area (Å²) in [6.07, 6.45) is 4.11. The fourth-order valence-electron chi connectivity index (χ4n) is 3.43. The molecule has 0 fully saturated rings. The van der Waals surface area contributed by atoms with Crippen LogP contribution in [0.2, 0.25) is 0 Å². The molecule has 0 bridgehead atoms. The van der Waals surface area contributed by atoms with Crippen molar-refractivity contribution in [2.75, 3.05) is 7.05 Å². The van der Waals surface area contributed by atoms with E-state index in [-0.39, 0.29) is 18.0 Å². The van der Waals surface area contributed by atoms with Crippen molar-refractivity contribution in [1.29, 1.82) is 0 Å². The number of carbonyl (C=O) groups excluding carboxylic acids is 1. The maximum atomic E-state index is 13.0. The fourth-order valence-corrected chi connectivity index (χ4v) is 3.43. The second kappa shape index (κ2) is 8.32. The molecule has 0 unspecified atom stereocenters. The Kier molecular flexibility index (Phi) is 5.43. The number of imidazole rings is 1. The monoisotopic (exact) mass is 401 g/mol. The first-order valence-electron chi connectivity index (χ1n) is 9.76. The van der Waals surface area contributed by atoms with Crippen LogP contribution >= 0.6 is 0 Å². The number of aromatic nitrogens is 4. The molecule has 0 aliphatic rings. The summed E-state index contributed by atoms with van der Waals surface area (Å²) in [5.74, 6) is 0.572. The van der Waals surface area contributed by atoms with Crippen LogP contribution in [0.15, 0.2) is 71.8 Å². The molecule has 0 saturated heterocycles. The lowest BCUT2D eigenvalue weighted by Gasteiger charge is -2.18. The molecule has 2 aromatic heterocycles. The number of hydrogen-bond donors (Lipinski definition) is 0. The predicted octanol–water partition coefficient (Wildman–Crippen LogP) is 2.38. The number of nitrogens with zero attached hydrogens (tertiary/aromatic N) is 5. The van der Waals surface area contributed by atoms with Crippen molar-refractivity contribution >= 4 is 16.7 Å². The van der Waals surface area contributed by atoms with Gasteiger partial charge in [0, 0.05) is 38.3 Å². The Morgan fingerprint density at radius 2 is 1.73 bits per heavy atom. The van der Waals surface area contributed by atoms with Crippen LogP contribution in [-0.4, -0.2) is 37.2 Å². The summed E-state index contributed by atoms with van der Waals surface area (Å²) in [6, 6.07) is 17.4. The van der Waals surface area contributed by atoms with Crippen molar-refractivity contribution in [2.45, 2.75) is 19.5 Å². The zero-order valence-electron chi connectivity index (χ0n) is 17.0. The fraction of sp³-hybridized carbons (Fsp3) is 0.217. The average molecular weight is 401 g/mol. The molecule has 1 amide bonds. The van der Waals surface area contributed by atoms with Crippen LogP contribution in [0.5, 0.6) is 0 Å². The SMILES string of the molecule is CN(Cc1nccn1C)C(=O)Cn1nc(Cc2ccccc2)c2ccccc2c1=O. The zero-order valence-corrected chi connectivity index (χ0v) is 17.0. The number of aryl methyl sites for hydroxylation is 1. The topological polar surface area (TPSA) is 73.0 Å². The van der Waals surface area contributed by atoms with Gasteiger partial charge in [-0.1, -0.05) is 48.5 Å². The van der Waals surface area contributed by atoms with E-state index in [1.165, 1.54) is 4.68 Å². The lowest BCUT2D eigenvalue weighted by molar-refractivity contribution is -0.131. The van der Waals surface area contributed by atoms with E-state index in [0.29, 0.717) is 18.4 Å². The summed E-state index contributed by atoms with van der Waals surface area (Å²) in [7, 11) is 3.58. The number of rotatable bonds is 6. The molecule has 152 valence electrons. The summed E-state index contributed by atoms with van der Waals surface area (Å²) in [4.78, 5) is 31.6. The van der Waals surface area contributed by atoms with Gasteiger partial charge in [0.2, 0.25) is 5.91 Å². The van der Waals surface area contributed by atoms with E-state index in [4.69, 9.17) is 0 Å². The summed E-state index contributed by atoms with van der Waals surface area (Å²) >= 11 is 0. The predicted molar refractivity (Wildman–Crippen MR) is 115 cm³/mol. The average Bonchev–Trinajstić information content (AvgIpc) is 3.16. The maximum absolute atomic E-state index is 13.0. The smallest absolute Gasteiger partial charge is 0.275 e. The highest BCUT2D eigenvalue weighted by atomic mass is 16.2. The number of fused-ring (bicyclic) bond motifs is 1. The van der Waals surface area contributed by atoms with Crippen LogP contribution in [0.1, 0.15) is 17.1 Å². The quantitative estimate of drug-likeness (QED) is 0.497. The van der Waals surface area contributed by atoms with E-state index in [1.54, 1.807) is 24.2 Å². The maximum Gasteiger partial charge on any atom is 0.275 e. The van der Waals surface area contributed by atoms with Crippen molar-refractivity contribution in [3.05, 3.63) is 94.4 Å². The van der Waals surface area contributed by atoms with Crippen LogP contribution in [0.3, 0.4) is 0 Å². The van der Waals surface area contributed by atoms with Crippen molar-refractivity contribution < 1.29 is 4.79 Å². The molecule has 4 aromatic rings. The van der Waals surface area contributed by atoms with E-state index in [2.05, 4.69) is 10.1 Å². The molecule has 0 radical (unpaired) electrons. The minimum atomic E-state index is -0.263. The highest BCUT2D eigenvalue weighted by Gasteiger charge is 2.16. The molecule has 30 heavy (non-hydrogen) atoms. The largest absolute Gasteiger partial charge is 0.337 e. The molecule has 2 aromatic carbocycles. The second-order valence-corrected chi connectivity index (χ2v) is 7.32. The molecule has 0 N–H and O–H groups in total. The Hall–Kier alpha value is -3.74. The number of likely N-dealkylation sites (N-methyl/N-ethyl adjacent to an activating group) is 1. The Morgan fingerprint density at radius 3 is 2.43 bits per heavy atom. The minimum Gasteiger partial charge on any atom is -0.337 e. The van der Waals surface area contributed by atoms with E-state index in [1.807, 2.05) is 66.3 Å². The Bertz CT molecular complexity index is 1240. The van der Waals surface area contributed by atoms with Gasteiger partial charge in [-0.15, -0.1) is 0 Å². The van der Waals surface area contributed by atoms with Crippen LogP contribution < -0.4 is 5.56 Å². The van der Waals surface area contributed by atoms with Gasteiger partial charge in [-0.3, -0.25) is 9.59 Å². The normalized spacial score (nSPS) is 11.0.